The number of amides is 1. The molecule has 1 unspecified atom stereocenters. The predicted octanol–water partition coefficient (Wildman–Crippen LogP) is 4.95. The number of carbonyl (C=O) groups excluding carboxylic acids is 2. The molecule has 0 spiro atoms. The van der Waals surface area contributed by atoms with E-state index in [0.29, 0.717) is 34.3 Å². The summed E-state index contributed by atoms with van der Waals surface area (Å²) in [7, 11) is 0. The number of halogens is 1. The van der Waals surface area contributed by atoms with E-state index in [2.05, 4.69) is 0 Å². The standard InChI is InChI=1S/C24H20ClNO5/c1-2-30-18-6-3-5-16(13-18)21-20(22(27)15-8-10-17(25)11-9-15)23(28)24(29)26(21)14-19-7-4-12-31-19/h3-13,21,27H,2,14H2,1H3/b22-20+. The Kier molecular flexibility index (Phi) is 5.82. The van der Waals surface area contributed by atoms with Crippen LogP contribution < -0.4 is 4.74 Å². The molecule has 1 N–H and O–H groups in total. The normalized spacial score (nSPS) is 17.9. The molecule has 1 aromatic heterocycles. The minimum absolute atomic E-state index is 0.00697. The van der Waals surface area contributed by atoms with E-state index in [1.165, 1.54) is 11.2 Å². The summed E-state index contributed by atoms with van der Waals surface area (Å²) in [6.07, 6.45) is 1.50. The second-order valence-electron chi connectivity index (χ2n) is 7.02. The first-order chi connectivity index (χ1) is 15.0. The molecular formula is C24H20ClNO5. The van der Waals surface area contributed by atoms with E-state index in [9.17, 15) is 14.7 Å². The number of rotatable bonds is 6. The molecule has 2 aromatic carbocycles. The first kappa shape index (κ1) is 20.8. The molecule has 1 aliphatic rings. The van der Waals surface area contributed by atoms with Gasteiger partial charge in [0.15, 0.2) is 0 Å². The van der Waals surface area contributed by atoms with Crippen molar-refractivity contribution in [3.8, 4) is 5.75 Å². The summed E-state index contributed by atoms with van der Waals surface area (Å²) in [5.74, 6) is -0.595. The number of aliphatic hydroxyl groups is 1. The first-order valence-electron chi connectivity index (χ1n) is 9.79. The van der Waals surface area contributed by atoms with E-state index in [0.717, 1.165) is 0 Å². The highest BCUT2D eigenvalue weighted by atomic mass is 35.5. The third-order valence-corrected chi connectivity index (χ3v) is 5.30. The van der Waals surface area contributed by atoms with Crippen LogP contribution in [0.3, 0.4) is 0 Å². The molecule has 31 heavy (non-hydrogen) atoms. The van der Waals surface area contributed by atoms with Crippen LogP contribution in [0.25, 0.3) is 5.76 Å². The second-order valence-corrected chi connectivity index (χ2v) is 7.46. The van der Waals surface area contributed by atoms with Crippen molar-refractivity contribution in [1.29, 1.82) is 0 Å². The predicted molar refractivity (Wildman–Crippen MR) is 116 cm³/mol. The topological polar surface area (TPSA) is 80.0 Å². The highest BCUT2D eigenvalue weighted by Crippen LogP contribution is 2.41. The van der Waals surface area contributed by atoms with Crippen LogP contribution in [0, 0.1) is 0 Å². The van der Waals surface area contributed by atoms with Gasteiger partial charge in [-0.05, 0) is 61.0 Å². The lowest BCUT2D eigenvalue weighted by molar-refractivity contribution is -0.140. The summed E-state index contributed by atoms with van der Waals surface area (Å²) in [5, 5.41) is 11.5. The van der Waals surface area contributed by atoms with Crippen molar-refractivity contribution in [2.24, 2.45) is 0 Å². The van der Waals surface area contributed by atoms with Crippen molar-refractivity contribution in [1.82, 2.24) is 4.90 Å². The Bertz CT molecular complexity index is 1140. The van der Waals surface area contributed by atoms with Crippen LogP contribution in [0.1, 0.15) is 29.9 Å². The number of benzene rings is 2. The third kappa shape index (κ3) is 4.07. The number of carbonyl (C=O) groups is 2. The Labute approximate surface area is 184 Å². The van der Waals surface area contributed by atoms with Crippen LogP contribution in [0.2, 0.25) is 5.02 Å². The zero-order valence-electron chi connectivity index (χ0n) is 16.7. The van der Waals surface area contributed by atoms with Gasteiger partial charge in [0.05, 0.1) is 31.0 Å². The average molecular weight is 438 g/mol. The Morgan fingerprint density at radius 2 is 1.90 bits per heavy atom. The van der Waals surface area contributed by atoms with Crippen LogP contribution in [0.5, 0.6) is 5.75 Å². The average Bonchev–Trinajstić information content (AvgIpc) is 3.37. The highest BCUT2D eigenvalue weighted by molar-refractivity contribution is 6.46. The minimum Gasteiger partial charge on any atom is -0.507 e. The number of aliphatic hydroxyl groups excluding tert-OH is 1. The number of Topliss-reactive ketones (excluding diaryl/α,β-unsaturated/α-hetero) is 1. The van der Waals surface area contributed by atoms with Crippen LogP contribution in [0.4, 0.5) is 0 Å². The second kappa shape index (κ2) is 8.70. The molecule has 1 fully saturated rings. The van der Waals surface area contributed by atoms with Crippen molar-refractivity contribution in [3.05, 3.63) is 94.4 Å². The molecule has 3 aromatic rings. The number of furan rings is 1. The number of nitrogens with zero attached hydrogens (tertiary/aromatic N) is 1. The molecule has 4 rings (SSSR count). The fourth-order valence-electron chi connectivity index (χ4n) is 3.66. The Balaban J connectivity index is 1.86. The number of likely N-dealkylation sites (tertiary alicyclic amines) is 1. The number of hydrogen-bond donors (Lipinski definition) is 1. The van der Waals surface area contributed by atoms with E-state index >= 15 is 0 Å². The SMILES string of the molecule is CCOc1cccc(C2/C(=C(\O)c3ccc(Cl)cc3)C(=O)C(=O)N2Cc2ccco2)c1. The molecular weight excluding hydrogens is 418 g/mol. The molecule has 1 amide bonds. The van der Waals surface area contributed by atoms with Gasteiger partial charge in [-0.2, -0.15) is 0 Å². The van der Waals surface area contributed by atoms with Crippen molar-refractivity contribution in [2.75, 3.05) is 6.61 Å². The molecule has 7 heteroatoms. The number of hydrogen-bond acceptors (Lipinski definition) is 5. The molecule has 0 saturated carbocycles. The smallest absolute Gasteiger partial charge is 0.296 e. The Hall–Kier alpha value is -3.51. The number of ketones is 1. The fraction of sp³-hybridized carbons (Fsp3) is 0.167. The van der Waals surface area contributed by atoms with E-state index in [4.69, 9.17) is 20.8 Å². The van der Waals surface area contributed by atoms with Gasteiger partial charge in [-0.15, -0.1) is 0 Å². The van der Waals surface area contributed by atoms with Crippen molar-refractivity contribution in [3.63, 3.8) is 0 Å². The van der Waals surface area contributed by atoms with Gasteiger partial charge in [0, 0.05) is 10.6 Å². The van der Waals surface area contributed by atoms with E-state index in [-0.39, 0.29) is 17.9 Å². The van der Waals surface area contributed by atoms with E-state index in [1.807, 2.05) is 6.92 Å². The molecule has 6 nitrogen and oxygen atoms in total. The number of ether oxygens (including phenoxy) is 1. The minimum atomic E-state index is -0.804. The van der Waals surface area contributed by atoms with Gasteiger partial charge >= 0.3 is 0 Å². The molecule has 1 aliphatic heterocycles. The summed E-state index contributed by atoms with van der Waals surface area (Å²) in [5.41, 5.74) is 1.05. The fourth-order valence-corrected chi connectivity index (χ4v) is 3.79. The zero-order valence-corrected chi connectivity index (χ0v) is 17.5. The molecule has 0 radical (unpaired) electrons. The maximum Gasteiger partial charge on any atom is 0.296 e. The van der Waals surface area contributed by atoms with E-state index < -0.39 is 17.7 Å². The first-order valence-corrected chi connectivity index (χ1v) is 10.2. The van der Waals surface area contributed by atoms with Gasteiger partial charge in [0.25, 0.3) is 11.7 Å². The Morgan fingerprint density at radius 1 is 1.13 bits per heavy atom. The zero-order chi connectivity index (χ0) is 22.0. The van der Waals surface area contributed by atoms with E-state index in [1.54, 1.807) is 60.7 Å². The van der Waals surface area contributed by atoms with Gasteiger partial charge in [-0.25, -0.2) is 0 Å². The largest absolute Gasteiger partial charge is 0.507 e. The summed E-state index contributed by atoms with van der Waals surface area (Å²) in [6.45, 7) is 2.43. The van der Waals surface area contributed by atoms with Gasteiger partial charge in [0.1, 0.15) is 17.3 Å². The summed E-state index contributed by atoms with van der Waals surface area (Å²) >= 11 is 5.95. The molecule has 2 heterocycles. The van der Waals surface area contributed by atoms with Gasteiger partial charge < -0.3 is 19.2 Å². The molecule has 0 aliphatic carbocycles. The van der Waals surface area contributed by atoms with Crippen LogP contribution in [-0.2, 0) is 16.1 Å². The lowest BCUT2D eigenvalue weighted by atomic mass is 9.95. The van der Waals surface area contributed by atoms with Gasteiger partial charge in [0.2, 0.25) is 0 Å². The summed E-state index contributed by atoms with van der Waals surface area (Å²) in [6, 6.07) is 16.2. The van der Waals surface area contributed by atoms with Crippen molar-refractivity contribution in [2.45, 2.75) is 19.5 Å². The molecule has 158 valence electrons. The van der Waals surface area contributed by atoms with Gasteiger partial charge in [-0.1, -0.05) is 23.7 Å². The van der Waals surface area contributed by atoms with Crippen LogP contribution >= 0.6 is 11.6 Å². The highest BCUT2D eigenvalue weighted by Gasteiger charge is 2.46. The maximum atomic E-state index is 13.0. The monoisotopic (exact) mass is 437 g/mol. The lowest BCUT2D eigenvalue weighted by Crippen LogP contribution is -2.29. The van der Waals surface area contributed by atoms with Crippen LogP contribution in [0.15, 0.2) is 76.9 Å². The molecule has 0 bridgehead atoms. The maximum absolute atomic E-state index is 13.0. The molecule has 1 atom stereocenters. The Morgan fingerprint density at radius 3 is 2.58 bits per heavy atom. The van der Waals surface area contributed by atoms with Crippen molar-refractivity contribution >= 4 is 29.1 Å². The summed E-state index contributed by atoms with van der Waals surface area (Å²) in [4.78, 5) is 27.4. The quantitative estimate of drug-likeness (QED) is 0.335. The lowest BCUT2D eigenvalue weighted by Gasteiger charge is -2.25. The summed E-state index contributed by atoms with van der Waals surface area (Å²) < 4.78 is 11.0. The van der Waals surface area contributed by atoms with Crippen LogP contribution in [-0.4, -0.2) is 28.3 Å². The third-order valence-electron chi connectivity index (χ3n) is 5.05. The molecule has 1 saturated heterocycles. The van der Waals surface area contributed by atoms with Gasteiger partial charge in [-0.3, -0.25) is 9.59 Å². The van der Waals surface area contributed by atoms with Crippen molar-refractivity contribution < 1.29 is 23.8 Å².